The largest absolute Gasteiger partial charge is 0.379 e. The Morgan fingerprint density at radius 1 is 0.778 bits per heavy atom. The van der Waals surface area contributed by atoms with Gasteiger partial charge in [0, 0.05) is 18.9 Å². The minimum Gasteiger partial charge on any atom is -0.379 e. The van der Waals surface area contributed by atoms with E-state index in [1.807, 2.05) is 13.8 Å². The molecule has 27 heavy (non-hydrogen) atoms. The normalized spacial score (nSPS) is 14.1. The summed E-state index contributed by atoms with van der Waals surface area (Å²) in [5.41, 5.74) is 0. The van der Waals surface area contributed by atoms with Crippen LogP contribution < -0.4 is 0 Å². The van der Waals surface area contributed by atoms with Crippen molar-refractivity contribution in [1.82, 2.24) is 0 Å². The van der Waals surface area contributed by atoms with E-state index in [2.05, 4.69) is 13.8 Å². The van der Waals surface area contributed by atoms with Crippen LogP contribution in [0.5, 0.6) is 0 Å². The lowest BCUT2D eigenvalue weighted by Crippen LogP contribution is -2.25. The molecule has 0 fully saturated rings. The number of hydrogen-bond acceptors (Lipinski definition) is 5. The topological polar surface area (TPSA) is 54.0 Å². The standard InChI is InChI=1S/C21H41FO5/c1-17(2)7-6-10-24-11-12-25-13-14-26-15-16-27-19(5)20(22)8-9-21(23)18(3)4/h17-20H,6-16H2,1-5H3. The van der Waals surface area contributed by atoms with Crippen LogP contribution in [0.2, 0.25) is 0 Å². The van der Waals surface area contributed by atoms with Gasteiger partial charge in [-0.15, -0.1) is 0 Å². The van der Waals surface area contributed by atoms with Crippen LogP contribution in [-0.4, -0.2) is 64.3 Å². The van der Waals surface area contributed by atoms with Gasteiger partial charge in [-0.05, 0) is 32.1 Å². The molecule has 2 unspecified atom stereocenters. The number of Topliss-reactive ketones (excluding diaryl/α,β-unsaturated/α-hetero) is 1. The van der Waals surface area contributed by atoms with Gasteiger partial charge in [0.15, 0.2) is 0 Å². The smallest absolute Gasteiger partial charge is 0.135 e. The lowest BCUT2D eigenvalue weighted by atomic mass is 10.0. The molecule has 0 aliphatic heterocycles. The molecule has 0 aromatic heterocycles. The van der Waals surface area contributed by atoms with Crippen molar-refractivity contribution >= 4 is 5.78 Å². The van der Waals surface area contributed by atoms with E-state index in [4.69, 9.17) is 18.9 Å². The molecule has 0 amide bonds. The zero-order valence-electron chi connectivity index (χ0n) is 18.0. The fourth-order valence-corrected chi connectivity index (χ4v) is 2.34. The molecule has 0 N–H and O–H groups in total. The van der Waals surface area contributed by atoms with Gasteiger partial charge in [-0.1, -0.05) is 27.7 Å². The predicted molar refractivity (Wildman–Crippen MR) is 106 cm³/mol. The Morgan fingerprint density at radius 2 is 1.30 bits per heavy atom. The second-order valence-electron chi connectivity index (χ2n) is 7.62. The van der Waals surface area contributed by atoms with Crippen LogP contribution >= 0.6 is 0 Å². The van der Waals surface area contributed by atoms with Gasteiger partial charge in [-0.2, -0.15) is 0 Å². The third-order valence-electron chi connectivity index (χ3n) is 4.24. The van der Waals surface area contributed by atoms with Gasteiger partial charge in [0.05, 0.1) is 45.7 Å². The van der Waals surface area contributed by atoms with E-state index in [0.717, 1.165) is 18.9 Å². The Bertz CT molecular complexity index is 349. The fourth-order valence-electron chi connectivity index (χ4n) is 2.34. The summed E-state index contributed by atoms with van der Waals surface area (Å²) in [5, 5.41) is 0. The van der Waals surface area contributed by atoms with Crippen LogP contribution in [-0.2, 0) is 23.7 Å². The predicted octanol–water partition coefficient (Wildman–Crippen LogP) is 4.22. The van der Waals surface area contributed by atoms with Gasteiger partial charge >= 0.3 is 0 Å². The van der Waals surface area contributed by atoms with Crippen molar-refractivity contribution < 1.29 is 28.1 Å². The number of ketones is 1. The first-order chi connectivity index (χ1) is 12.8. The molecule has 0 aromatic carbocycles. The number of rotatable bonds is 19. The quantitative estimate of drug-likeness (QED) is 0.308. The molecule has 6 heteroatoms. The van der Waals surface area contributed by atoms with Gasteiger partial charge in [-0.25, -0.2) is 4.39 Å². The van der Waals surface area contributed by atoms with Crippen molar-refractivity contribution in [3.05, 3.63) is 0 Å². The van der Waals surface area contributed by atoms with Crippen molar-refractivity contribution in [2.75, 3.05) is 46.2 Å². The van der Waals surface area contributed by atoms with Crippen molar-refractivity contribution in [3.63, 3.8) is 0 Å². The lowest BCUT2D eigenvalue weighted by molar-refractivity contribution is -0.122. The Kier molecular flexibility index (Phi) is 17.2. The Hall–Kier alpha value is -0.560. The lowest BCUT2D eigenvalue weighted by Gasteiger charge is -2.17. The molecule has 0 radical (unpaired) electrons. The minimum absolute atomic E-state index is 0.0412. The first-order valence-electron chi connectivity index (χ1n) is 10.4. The average Bonchev–Trinajstić information content (AvgIpc) is 2.62. The van der Waals surface area contributed by atoms with E-state index >= 15 is 0 Å². The van der Waals surface area contributed by atoms with E-state index in [1.165, 1.54) is 6.42 Å². The third-order valence-corrected chi connectivity index (χ3v) is 4.24. The molecule has 0 rings (SSSR count). The molecule has 0 saturated heterocycles. The van der Waals surface area contributed by atoms with Gasteiger partial charge in [0.25, 0.3) is 0 Å². The SMILES string of the molecule is CC(C)CCCOCCOCCOCCOC(C)C(F)CCC(=O)C(C)C. The van der Waals surface area contributed by atoms with Gasteiger partial charge in [-0.3, -0.25) is 4.79 Å². The van der Waals surface area contributed by atoms with Crippen LogP contribution in [0.3, 0.4) is 0 Å². The number of carbonyl (C=O) groups excluding carboxylic acids is 1. The van der Waals surface area contributed by atoms with Crippen molar-refractivity contribution in [3.8, 4) is 0 Å². The Balaban J connectivity index is 3.37. The number of alkyl halides is 1. The minimum atomic E-state index is -1.13. The van der Waals surface area contributed by atoms with Gasteiger partial charge < -0.3 is 18.9 Å². The fraction of sp³-hybridized carbons (Fsp3) is 0.952. The number of carbonyl (C=O) groups is 1. The second-order valence-corrected chi connectivity index (χ2v) is 7.62. The highest BCUT2D eigenvalue weighted by molar-refractivity contribution is 5.80. The maximum Gasteiger partial charge on any atom is 0.135 e. The molecule has 2 atom stereocenters. The molecule has 0 saturated carbocycles. The molecule has 0 bridgehead atoms. The summed E-state index contributed by atoms with van der Waals surface area (Å²) in [6, 6.07) is 0. The van der Waals surface area contributed by atoms with Gasteiger partial charge in [0.2, 0.25) is 0 Å². The monoisotopic (exact) mass is 392 g/mol. The zero-order chi connectivity index (χ0) is 20.5. The zero-order valence-corrected chi connectivity index (χ0v) is 18.0. The molecular formula is C21H41FO5. The second kappa shape index (κ2) is 17.5. The highest BCUT2D eigenvalue weighted by Gasteiger charge is 2.19. The first-order valence-corrected chi connectivity index (χ1v) is 10.4. The summed E-state index contributed by atoms with van der Waals surface area (Å²) in [5.74, 6) is 0.772. The summed E-state index contributed by atoms with van der Waals surface area (Å²) in [7, 11) is 0. The summed E-state index contributed by atoms with van der Waals surface area (Å²) >= 11 is 0. The number of hydrogen-bond donors (Lipinski definition) is 0. The molecule has 0 spiro atoms. The summed E-state index contributed by atoms with van der Waals surface area (Å²) in [6.45, 7) is 13.4. The van der Waals surface area contributed by atoms with Crippen molar-refractivity contribution in [2.45, 2.75) is 72.6 Å². The summed E-state index contributed by atoms with van der Waals surface area (Å²) < 4.78 is 35.7. The van der Waals surface area contributed by atoms with Crippen molar-refractivity contribution in [2.24, 2.45) is 11.8 Å². The van der Waals surface area contributed by atoms with Crippen LogP contribution in [0.25, 0.3) is 0 Å². The molecular weight excluding hydrogens is 351 g/mol. The van der Waals surface area contributed by atoms with E-state index in [1.54, 1.807) is 6.92 Å². The number of ether oxygens (including phenoxy) is 4. The summed E-state index contributed by atoms with van der Waals surface area (Å²) in [4.78, 5) is 11.5. The van der Waals surface area contributed by atoms with Gasteiger partial charge in [0.1, 0.15) is 12.0 Å². The third kappa shape index (κ3) is 17.3. The molecule has 0 aromatic rings. The van der Waals surface area contributed by atoms with Crippen LogP contribution in [0.1, 0.15) is 60.3 Å². The van der Waals surface area contributed by atoms with Crippen LogP contribution in [0.15, 0.2) is 0 Å². The van der Waals surface area contributed by atoms with Crippen LogP contribution in [0, 0.1) is 11.8 Å². The molecule has 0 aliphatic carbocycles. The van der Waals surface area contributed by atoms with E-state index in [0.29, 0.717) is 39.6 Å². The molecule has 0 heterocycles. The Labute approximate surface area is 165 Å². The van der Waals surface area contributed by atoms with E-state index in [-0.39, 0.29) is 24.5 Å². The first kappa shape index (κ1) is 26.4. The highest BCUT2D eigenvalue weighted by atomic mass is 19.1. The highest BCUT2D eigenvalue weighted by Crippen LogP contribution is 2.13. The molecule has 162 valence electrons. The van der Waals surface area contributed by atoms with E-state index < -0.39 is 12.3 Å². The maximum absolute atomic E-state index is 13.9. The average molecular weight is 393 g/mol. The van der Waals surface area contributed by atoms with Crippen molar-refractivity contribution in [1.29, 1.82) is 0 Å². The van der Waals surface area contributed by atoms with E-state index in [9.17, 15) is 9.18 Å². The van der Waals surface area contributed by atoms with Crippen LogP contribution in [0.4, 0.5) is 4.39 Å². The molecule has 5 nitrogen and oxygen atoms in total. The number of halogens is 1. The summed E-state index contributed by atoms with van der Waals surface area (Å²) in [6.07, 6.45) is 1.10. The Morgan fingerprint density at radius 3 is 1.81 bits per heavy atom. The maximum atomic E-state index is 13.9. The molecule has 0 aliphatic rings.